The highest BCUT2D eigenvalue weighted by atomic mass is 79.9. The number of hydrogen-bond donors (Lipinski definition) is 1. The minimum atomic E-state index is -1.26. The number of ether oxygens (including phenoxy) is 4. The maximum atomic E-state index is 13.5. The van der Waals surface area contributed by atoms with Gasteiger partial charge in [-0.25, -0.2) is 4.39 Å². The zero-order valence-corrected chi connectivity index (χ0v) is 32.5. The zero-order chi connectivity index (χ0) is 38.9. The van der Waals surface area contributed by atoms with Gasteiger partial charge in [0.2, 0.25) is 0 Å². The van der Waals surface area contributed by atoms with Crippen LogP contribution in [0.1, 0.15) is 22.3 Å². The van der Waals surface area contributed by atoms with E-state index in [1.54, 1.807) is 11.0 Å². The smallest absolute Gasteiger partial charge is 0.292 e. The van der Waals surface area contributed by atoms with E-state index >= 15 is 0 Å². The van der Waals surface area contributed by atoms with E-state index in [-0.39, 0.29) is 17.6 Å². The van der Waals surface area contributed by atoms with Crippen molar-refractivity contribution in [3.8, 4) is 22.3 Å². The Morgan fingerprint density at radius 2 is 1.25 bits per heavy atom. The van der Waals surface area contributed by atoms with Gasteiger partial charge in [0.15, 0.2) is 0 Å². The molecule has 4 aliphatic rings. The number of amides is 2. The number of nitrogens with zero attached hydrogens (tertiary/aromatic N) is 3. The number of hydrogen-bond acceptors (Lipinski definition) is 6. The third-order valence-electron chi connectivity index (χ3n) is 10.1. The molecule has 0 radical (unpaired) electrons. The highest BCUT2D eigenvalue weighted by Crippen LogP contribution is 2.46. The Bertz CT molecular complexity index is 2380. The molecule has 4 aliphatic heterocycles. The summed E-state index contributed by atoms with van der Waals surface area (Å²) in [6.45, 7) is 2.27. The molecule has 286 valence electrons. The molecule has 6 heterocycles. The number of para-hydroxylation sites is 2. The fourth-order valence-corrected chi connectivity index (χ4v) is 7.77. The van der Waals surface area contributed by atoms with E-state index in [0.29, 0.717) is 43.9 Å². The SMILES string of the molecule is Cn1ccc(-c2ccc(CBr)c(F)c2)c1.Cn1ccc(-c2ccc(CN3C(=O)C4(OCCO4)c4ccccc43)cc2)c1.O=C1Nc2ccccc2C12OCCO2. The lowest BCUT2D eigenvalue weighted by atomic mass is 10.1. The molecule has 2 spiro atoms. The maximum absolute atomic E-state index is 13.5. The van der Waals surface area contributed by atoms with Crippen molar-refractivity contribution in [2.45, 2.75) is 23.4 Å². The third-order valence-corrected chi connectivity index (χ3v) is 10.7. The molecular weight excluding hydrogens is 779 g/mol. The number of carbonyl (C=O) groups is 2. The van der Waals surface area contributed by atoms with Gasteiger partial charge in [-0.05, 0) is 63.7 Å². The number of benzene rings is 4. The minimum absolute atomic E-state index is 0.145. The summed E-state index contributed by atoms with van der Waals surface area (Å²) in [5, 5.41) is 3.29. The summed E-state index contributed by atoms with van der Waals surface area (Å²) in [5.74, 6) is -2.96. The van der Waals surface area contributed by atoms with E-state index in [4.69, 9.17) is 18.9 Å². The van der Waals surface area contributed by atoms with Crippen LogP contribution in [-0.4, -0.2) is 47.4 Å². The van der Waals surface area contributed by atoms with Crippen molar-refractivity contribution in [1.29, 1.82) is 0 Å². The van der Waals surface area contributed by atoms with Gasteiger partial charge in [0.1, 0.15) is 5.82 Å². The van der Waals surface area contributed by atoms with Crippen molar-refractivity contribution in [2.75, 3.05) is 36.6 Å². The zero-order valence-electron chi connectivity index (χ0n) is 30.9. The lowest BCUT2D eigenvalue weighted by Crippen LogP contribution is -2.40. The topological polar surface area (TPSA) is 96.2 Å². The largest absolute Gasteiger partial charge is 0.357 e. The van der Waals surface area contributed by atoms with Gasteiger partial charge in [-0.3, -0.25) is 9.59 Å². The molecule has 2 fully saturated rings. The first-order valence-electron chi connectivity index (χ1n) is 18.3. The molecule has 10 rings (SSSR count). The number of halogens is 2. The van der Waals surface area contributed by atoms with Crippen LogP contribution >= 0.6 is 15.9 Å². The molecule has 2 saturated heterocycles. The first-order chi connectivity index (χ1) is 27.2. The number of anilines is 2. The van der Waals surface area contributed by atoms with Gasteiger partial charge in [-0.15, -0.1) is 0 Å². The summed E-state index contributed by atoms with van der Waals surface area (Å²) in [6, 6.07) is 32.9. The summed E-state index contributed by atoms with van der Waals surface area (Å²) in [7, 11) is 3.96. The van der Waals surface area contributed by atoms with Crippen molar-refractivity contribution < 1.29 is 32.9 Å². The van der Waals surface area contributed by atoms with E-state index in [1.165, 1.54) is 5.56 Å². The van der Waals surface area contributed by atoms with E-state index < -0.39 is 11.6 Å². The van der Waals surface area contributed by atoms with Gasteiger partial charge < -0.3 is 38.3 Å². The highest BCUT2D eigenvalue weighted by Gasteiger charge is 2.56. The van der Waals surface area contributed by atoms with E-state index in [1.807, 2.05) is 109 Å². The van der Waals surface area contributed by atoms with Crippen LogP contribution in [0.15, 0.2) is 128 Å². The third kappa shape index (κ3) is 6.99. The van der Waals surface area contributed by atoms with Gasteiger partial charge in [-0.1, -0.05) is 88.7 Å². The Hall–Kier alpha value is -5.37. The van der Waals surface area contributed by atoms with Crippen molar-refractivity contribution in [3.05, 3.63) is 156 Å². The van der Waals surface area contributed by atoms with Gasteiger partial charge in [0, 0.05) is 55.3 Å². The quantitative estimate of drug-likeness (QED) is 0.177. The van der Waals surface area contributed by atoms with Crippen molar-refractivity contribution in [3.63, 3.8) is 0 Å². The number of fused-ring (bicyclic) bond motifs is 4. The van der Waals surface area contributed by atoms with Gasteiger partial charge in [0.05, 0.1) is 44.3 Å². The molecule has 6 aromatic rings. The Morgan fingerprint density at radius 1 is 0.679 bits per heavy atom. The Balaban J connectivity index is 0.000000129. The maximum Gasteiger partial charge on any atom is 0.292 e. The molecule has 0 aliphatic carbocycles. The molecule has 0 saturated carbocycles. The van der Waals surface area contributed by atoms with Crippen molar-refractivity contribution in [1.82, 2.24) is 9.13 Å². The molecule has 12 heteroatoms. The number of aromatic nitrogens is 2. The van der Waals surface area contributed by atoms with Crippen LogP contribution in [0.25, 0.3) is 22.3 Å². The van der Waals surface area contributed by atoms with Crippen LogP contribution in [0.3, 0.4) is 0 Å². The molecule has 0 atom stereocenters. The number of nitrogens with one attached hydrogen (secondary N) is 1. The lowest BCUT2D eigenvalue weighted by Gasteiger charge is -2.22. The van der Waals surface area contributed by atoms with Crippen LogP contribution in [0, 0.1) is 5.82 Å². The summed E-state index contributed by atoms with van der Waals surface area (Å²) < 4.78 is 39.8. The average molecular weight is 820 g/mol. The van der Waals surface area contributed by atoms with E-state index in [9.17, 15) is 14.0 Å². The standard InChI is InChI=1S/C22H20N2O3.C12H11BrFN.C10H9NO3/c1-23-11-10-18(15-23)17-8-6-16(7-9-17)14-24-20-5-3-2-4-19(20)22(21(24)25)26-12-13-27-22;1-15-5-4-11(8-15)9-2-3-10(7-13)12(14)6-9;12-9-10(13-5-6-14-10)7-3-1-2-4-8(7)11-9/h2-11,15H,12-14H2,1H3;2-6,8H,7H2,1H3;1-4H,5-6H2,(H,11,12). The van der Waals surface area contributed by atoms with Crippen LogP contribution in [-0.2, 0) is 66.1 Å². The monoisotopic (exact) mass is 818 g/mol. The summed E-state index contributed by atoms with van der Waals surface area (Å²) >= 11 is 3.25. The second-order valence-corrected chi connectivity index (χ2v) is 14.4. The molecule has 56 heavy (non-hydrogen) atoms. The van der Waals surface area contributed by atoms with E-state index in [0.717, 1.165) is 44.8 Å². The first kappa shape index (κ1) is 37.5. The summed E-state index contributed by atoms with van der Waals surface area (Å²) in [5.41, 5.74) is 9.26. The first-order valence-corrected chi connectivity index (χ1v) is 19.4. The Labute approximate surface area is 332 Å². The second-order valence-electron chi connectivity index (χ2n) is 13.8. The molecular formula is C44H40BrFN4O6. The fourth-order valence-electron chi connectivity index (χ4n) is 7.31. The number of rotatable bonds is 5. The van der Waals surface area contributed by atoms with Crippen molar-refractivity contribution in [2.24, 2.45) is 14.1 Å². The lowest BCUT2D eigenvalue weighted by molar-refractivity contribution is -0.180. The fraction of sp³-hybridized carbons (Fsp3) is 0.227. The second kappa shape index (κ2) is 15.6. The Morgan fingerprint density at radius 3 is 1.86 bits per heavy atom. The number of alkyl halides is 1. The summed E-state index contributed by atoms with van der Waals surface area (Å²) in [6.07, 6.45) is 8.05. The van der Waals surface area contributed by atoms with Gasteiger partial charge >= 0.3 is 0 Å². The van der Waals surface area contributed by atoms with Crippen molar-refractivity contribution >= 4 is 39.1 Å². The summed E-state index contributed by atoms with van der Waals surface area (Å²) in [4.78, 5) is 26.6. The molecule has 1 N–H and O–H groups in total. The van der Waals surface area contributed by atoms with Crippen LogP contribution in [0.2, 0.25) is 0 Å². The predicted molar refractivity (Wildman–Crippen MR) is 214 cm³/mol. The normalized spacial score (nSPS) is 17.0. The minimum Gasteiger partial charge on any atom is -0.357 e. The van der Waals surface area contributed by atoms with Crippen LogP contribution < -0.4 is 10.2 Å². The molecule has 2 aromatic heterocycles. The molecule has 0 unspecified atom stereocenters. The molecule has 0 bridgehead atoms. The molecule has 10 nitrogen and oxygen atoms in total. The molecule has 2 amide bonds. The number of carbonyl (C=O) groups excluding carboxylic acids is 2. The molecule has 4 aromatic carbocycles. The van der Waals surface area contributed by atoms with E-state index in [2.05, 4.69) is 57.8 Å². The van der Waals surface area contributed by atoms with Crippen LogP contribution in [0.4, 0.5) is 15.8 Å². The van der Waals surface area contributed by atoms with Gasteiger partial charge in [0.25, 0.3) is 23.4 Å². The average Bonchev–Trinajstić information content (AvgIpc) is 4.09. The predicted octanol–water partition coefficient (Wildman–Crippen LogP) is 8.00. The highest BCUT2D eigenvalue weighted by molar-refractivity contribution is 9.08. The Kier molecular flexibility index (Phi) is 10.5. The van der Waals surface area contributed by atoms with Crippen LogP contribution in [0.5, 0.6) is 0 Å². The number of aryl methyl sites for hydroxylation is 2. The van der Waals surface area contributed by atoms with Gasteiger partial charge in [-0.2, -0.15) is 0 Å².